The number of carbonyl (C=O) groups is 1. The third-order valence-corrected chi connectivity index (χ3v) is 2.11. The molecule has 2 N–H and O–H groups in total. The maximum Gasteiger partial charge on any atom is 0.322 e. The van der Waals surface area contributed by atoms with Crippen LogP contribution in [0.4, 0.5) is 5.69 Å². The zero-order valence-electron chi connectivity index (χ0n) is 9.17. The van der Waals surface area contributed by atoms with Gasteiger partial charge in [-0.25, -0.2) is 0 Å². The van der Waals surface area contributed by atoms with E-state index in [0.29, 0.717) is 11.7 Å². The van der Waals surface area contributed by atoms with Crippen molar-refractivity contribution in [1.29, 1.82) is 0 Å². The van der Waals surface area contributed by atoms with Gasteiger partial charge < -0.3 is 14.9 Å². The Bertz CT molecular complexity index is 519. The molecule has 1 aromatic carbocycles. The predicted octanol–water partition coefficient (Wildman–Crippen LogP) is 1.54. The third-order valence-electron chi connectivity index (χ3n) is 2.11. The summed E-state index contributed by atoms with van der Waals surface area (Å²) in [5.74, 6) is 0.128. The molecule has 1 aromatic heterocycles. The monoisotopic (exact) mass is 233 g/mol. The van der Waals surface area contributed by atoms with E-state index in [9.17, 15) is 4.79 Å². The highest BCUT2D eigenvalue weighted by Crippen LogP contribution is 2.18. The zero-order valence-corrected chi connectivity index (χ0v) is 9.17. The topological polar surface area (TPSA) is 88.2 Å². The summed E-state index contributed by atoms with van der Waals surface area (Å²) in [6.07, 6.45) is 0. The fourth-order valence-corrected chi connectivity index (χ4v) is 1.33. The number of nitrogens with one attached hydrogen (secondary N) is 1. The number of aliphatic carboxylic acids is 1. The van der Waals surface area contributed by atoms with Crippen molar-refractivity contribution in [3.8, 4) is 11.4 Å². The maximum atomic E-state index is 10.4. The number of rotatable bonds is 4. The average Bonchev–Trinajstić information content (AvgIpc) is 2.74. The first-order valence-electron chi connectivity index (χ1n) is 5.01. The fourth-order valence-electron chi connectivity index (χ4n) is 1.33. The van der Waals surface area contributed by atoms with Crippen LogP contribution in [0.25, 0.3) is 11.4 Å². The number of hydrogen-bond acceptors (Lipinski definition) is 5. The summed E-state index contributed by atoms with van der Waals surface area (Å²) in [6.45, 7) is 1.61. The van der Waals surface area contributed by atoms with Gasteiger partial charge in [-0.15, -0.1) is 0 Å². The number of benzene rings is 1. The van der Waals surface area contributed by atoms with Gasteiger partial charge in [0, 0.05) is 18.2 Å². The molecule has 0 fully saturated rings. The molecule has 0 amide bonds. The summed E-state index contributed by atoms with van der Waals surface area (Å²) in [5, 5.41) is 15.1. The fraction of sp³-hybridized carbons (Fsp3) is 0.182. The van der Waals surface area contributed by atoms with Crippen molar-refractivity contribution in [2.24, 2.45) is 0 Å². The first-order valence-corrected chi connectivity index (χ1v) is 5.01. The number of anilines is 1. The number of carboxylic acid groups (broad SMARTS) is 1. The molecular formula is C11H11N3O3. The summed E-state index contributed by atoms with van der Waals surface area (Å²) >= 11 is 0. The van der Waals surface area contributed by atoms with E-state index < -0.39 is 5.97 Å². The average molecular weight is 233 g/mol. The van der Waals surface area contributed by atoms with Gasteiger partial charge in [0.1, 0.15) is 6.54 Å². The van der Waals surface area contributed by atoms with Gasteiger partial charge in [0.2, 0.25) is 11.7 Å². The van der Waals surface area contributed by atoms with Crippen LogP contribution in [0.15, 0.2) is 28.8 Å². The van der Waals surface area contributed by atoms with E-state index in [0.717, 1.165) is 11.3 Å². The van der Waals surface area contributed by atoms with Crippen molar-refractivity contribution in [3.63, 3.8) is 0 Å². The van der Waals surface area contributed by atoms with Gasteiger partial charge >= 0.3 is 5.97 Å². The highest BCUT2D eigenvalue weighted by molar-refractivity contribution is 5.73. The van der Waals surface area contributed by atoms with E-state index in [-0.39, 0.29) is 6.54 Å². The molecule has 0 saturated heterocycles. The van der Waals surface area contributed by atoms with Gasteiger partial charge in [0.05, 0.1) is 0 Å². The van der Waals surface area contributed by atoms with E-state index in [1.54, 1.807) is 31.2 Å². The number of nitrogens with zero attached hydrogens (tertiary/aromatic N) is 2. The quantitative estimate of drug-likeness (QED) is 0.832. The lowest BCUT2D eigenvalue weighted by molar-refractivity contribution is -0.134. The summed E-state index contributed by atoms with van der Waals surface area (Å²) in [7, 11) is 0. The minimum Gasteiger partial charge on any atom is -0.480 e. The Labute approximate surface area is 97.3 Å². The van der Waals surface area contributed by atoms with Gasteiger partial charge in [-0.1, -0.05) is 5.16 Å². The molecule has 88 valence electrons. The van der Waals surface area contributed by atoms with Crippen molar-refractivity contribution in [1.82, 2.24) is 10.1 Å². The molecule has 0 aliphatic rings. The van der Waals surface area contributed by atoms with Crippen molar-refractivity contribution >= 4 is 11.7 Å². The lowest BCUT2D eigenvalue weighted by Crippen LogP contribution is -2.11. The van der Waals surface area contributed by atoms with Gasteiger partial charge in [-0.05, 0) is 24.3 Å². The lowest BCUT2D eigenvalue weighted by atomic mass is 10.2. The minimum atomic E-state index is -0.900. The summed E-state index contributed by atoms with van der Waals surface area (Å²) < 4.78 is 4.87. The predicted molar refractivity (Wildman–Crippen MR) is 60.6 cm³/mol. The molecule has 0 saturated carbocycles. The van der Waals surface area contributed by atoms with Crippen LogP contribution in [0.3, 0.4) is 0 Å². The normalized spacial score (nSPS) is 10.2. The lowest BCUT2D eigenvalue weighted by Gasteiger charge is -2.03. The largest absolute Gasteiger partial charge is 0.480 e. The number of carboxylic acids is 1. The van der Waals surface area contributed by atoms with Crippen LogP contribution < -0.4 is 5.32 Å². The first kappa shape index (κ1) is 11.1. The van der Waals surface area contributed by atoms with Crippen LogP contribution in [0, 0.1) is 6.92 Å². The second-order valence-electron chi connectivity index (χ2n) is 3.46. The van der Waals surface area contributed by atoms with E-state index in [1.165, 1.54) is 0 Å². The molecule has 0 unspecified atom stereocenters. The molecule has 0 bridgehead atoms. The minimum absolute atomic E-state index is 0.110. The summed E-state index contributed by atoms with van der Waals surface area (Å²) in [4.78, 5) is 14.5. The van der Waals surface area contributed by atoms with Gasteiger partial charge in [-0.2, -0.15) is 4.98 Å². The molecule has 0 radical (unpaired) electrons. The van der Waals surface area contributed by atoms with Crippen molar-refractivity contribution in [3.05, 3.63) is 30.2 Å². The van der Waals surface area contributed by atoms with E-state index in [2.05, 4.69) is 15.5 Å². The first-order chi connectivity index (χ1) is 8.15. The Morgan fingerprint density at radius 3 is 2.65 bits per heavy atom. The van der Waals surface area contributed by atoms with E-state index in [1.807, 2.05) is 0 Å². The third kappa shape index (κ3) is 2.81. The number of aryl methyl sites for hydroxylation is 1. The summed E-state index contributed by atoms with van der Waals surface area (Å²) in [5.41, 5.74) is 1.55. The van der Waals surface area contributed by atoms with Crippen LogP contribution in [0.5, 0.6) is 0 Å². The molecule has 17 heavy (non-hydrogen) atoms. The van der Waals surface area contributed by atoms with Crippen LogP contribution in [-0.4, -0.2) is 27.8 Å². The Morgan fingerprint density at radius 1 is 1.41 bits per heavy atom. The Kier molecular flexibility index (Phi) is 3.04. The molecule has 0 aliphatic heterocycles. The van der Waals surface area contributed by atoms with Crippen molar-refractivity contribution in [2.45, 2.75) is 6.92 Å². The summed E-state index contributed by atoms with van der Waals surface area (Å²) in [6, 6.07) is 7.14. The highest BCUT2D eigenvalue weighted by atomic mass is 16.5. The molecule has 0 aliphatic carbocycles. The molecule has 0 atom stereocenters. The second kappa shape index (κ2) is 4.65. The van der Waals surface area contributed by atoms with Crippen LogP contribution >= 0.6 is 0 Å². The number of hydrogen-bond donors (Lipinski definition) is 2. The van der Waals surface area contributed by atoms with Crippen molar-refractivity contribution < 1.29 is 14.4 Å². The molecule has 6 nitrogen and oxygen atoms in total. The molecule has 2 aromatic rings. The number of aromatic nitrogens is 2. The SMILES string of the molecule is Cc1nc(-c2ccc(NCC(=O)O)cc2)no1. The molecule has 2 rings (SSSR count). The molecular weight excluding hydrogens is 222 g/mol. The van der Waals surface area contributed by atoms with Crippen LogP contribution in [-0.2, 0) is 4.79 Å². The van der Waals surface area contributed by atoms with E-state index in [4.69, 9.17) is 9.63 Å². The Morgan fingerprint density at radius 2 is 2.12 bits per heavy atom. The van der Waals surface area contributed by atoms with Crippen LogP contribution in [0.2, 0.25) is 0 Å². The second-order valence-corrected chi connectivity index (χ2v) is 3.46. The molecule has 0 spiro atoms. The van der Waals surface area contributed by atoms with Gasteiger partial charge in [0.25, 0.3) is 0 Å². The Balaban J connectivity index is 2.10. The maximum absolute atomic E-state index is 10.4. The van der Waals surface area contributed by atoms with Crippen LogP contribution in [0.1, 0.15) is 5.89 Å². The smallest absolute Gasteiger partial charge is 0.322 e. The van der Waals surface area contributed by atoms with Crippen molar-refractivity contribution in [2.75, 3.05) is 11.9 Å². The highest BCUT2D eigenvalue weighted by Gasteiger charge is 2.05. The Hall–Kier alpha value is -2.37. The van der Waals surface area contributed by atoms with Gasteiger partial charge in [0.15, 0.2) is 0 Å². The zero-order chi connectivity index (χ0) is 12.3. The van der Waals surface area contributed by atoms with E-state index >= 15 is 0 Å². The molecule has 1 heterocycles. The standard InChI is InChI=1S/C11H11N3O3/c1-7-13-11(14-17-7)8-2-4-9(5-3-8)12-6-10(15)16/h2-5,12H,6H2,1H3,(H,15,16). The van der Waals surface area contributed by atoms with Gasteiger partial charge in [-0.3, -0.25) is 4.79 Å². The molecule has 6 heteroatoms.